The molecule has 2 aliphatic heterocycles. The second kappa shape index (κ2) is 5.27. The lowest BCUT2D eigenvalue weighted by molar-refractivity contribution is -0.125. The molecule has 0 saturated carbocycles. The average molecular weight is 244 g/mol. The van der Waals surface area contributed by atoms with E-state index in [1.54, 1.807) is 0 Å². The lowest BCUT2D eigenvalue weighted by Crippen LogP contribution is -2.44. The second-order valence-electron chi connectivity index (χ2n) is 4.77. The van der Waals surface area contributed by atoms with Crippen LogP contribution >= 0.6 is 0 Å². The zero-order chi connectivity index (χ0) is 11.5. The highest BCUT2D eigenvalue weighted by atomic mass is 32.2. The summed E-state index contributed by atoms with van der Waals surface area (Å²) in [6.45, 7) is 3.00. The van der Waals surface area contributed by atoms with Gasteiger partial charge in [-0.3, -0.25) is 9.00 Å². The summed E-state index contributed by atoms with van der Waals surface area (Å²) in [6, 6.07) is 0.538. The molecule has 0 spiro atoms. The van der Waals surface area contributed by atoms with Gasteiger partial charge in [-0.2, -0.15) is 0 Å². The number of carbonyl (C=O) groups excluding carboxylic acids is 1. The van der Waals surface area contributed by atoms with Crippen molar-refractivity contribution in [3.05, 3.63) is 0 Å². The number of rotatable bonds is 2. The third-order valence-electron chi connectivity index (χ3n) is 3.60. The Kier molecular flexibility index (Phi) is 3.97. The smallest absolute Gasteiger partial charge is 0.224 e. The van der Waals surface area contributed by atoms with E-state index in [1.807, 2.05) is 0 Å². The molecule has 2 heterocycles. The van der Waals surface area contributed by atoms with Gasteiger partial charge in [0, 0.05) is 34.4 Å². The molecule has 2 saturated heterocycles. The Bertz CT molecular complexity index is 286. The summed E-state index contributed by atoms with van der Waals surface area (Å²) in [6.07, 6.45) is 2.67. The van der Waals surface area contributed by atoms with Crippen molar-refractivity contribution in [3.8, 4) is 0 Å². The standard InChI is InChI=1S/C11H20N2O2S/c1-8-10(2-5-12-8)11(14)13-9-3-6-16(15)7-4-9/h8-10,12H,2-7H2,1H3,(H,13,14). The van der Waals surface area contributed by atoms with Crippen molar-refractivity contribution in [2.45, 2.75) is 38.3 Å². The van der Waals surface area contributed by atoms with Crippen molar-refractivity contribution in [2.24, 2.45) is 5.92 Å². The minimum Gasteiger partial charge on any atom is -0.353 e. The Hall–Kier alpha value is -0.420. The van der Waals surface area contributed by atoms with Crippen LogP contribution in [-0.4, -0.2) is 40.3 Å². The maximum absolute atomic E-state index is 12.0. The van der Waals surface area contributed by atoms with Crippen molar-refractivity contribution >= 4 is 16.7 Å². The van der Waals surface area contributed by atoms with Crippen LogP contribution in [0.5, 0.6) is 0 Å². The first-order valence-corrected chi connectivity index (χ1v) is 7.54. The van der Waals surface area contributed by atoms with Gasteiger partial charge in [0.2, 0.25) is 5.91 Å². The van der Waals surface area contributed by atoms with E-state index in [-0.39, 0.29) is 23.9 Å². The van der Waals surface area contributed by atoms with Crippen molar-refractivity contribution in [1.29, 1.82) is 0 Å². The molecule has 2 N–H and O–H groups in total. The fraction of sp³-hybridized carbons (Fsp3) is 0.909. The second-order valence-corrected chi connectivity index (χ2v) is 6.47. The minimum atomic E-state index is -0.648. The largest absolute Gasteiger partial charge is 0.353 e. The molecular weight excluding hydrogens is 224 g/mol. The van der Waals surface area contributed by atoms with E-state index in [9.17, 15) is 9.00 Å². The Morgan fingerprint density at radius 3 is 2.56 bits per heavy atom. The summed E-state index contributed by atoms with van der Waals surface area (Å²) < 4.78 is 11.2. The maximum Gasteiger partial charge on any atom is 0.224 e. The normalized spacial score (nSPS) is 39.6. The van der Waals surface area contributed by atoms with Crippen LogP contribution in [-0.2, 0) is 15.6 Å². The highest BCUT2D eigenvalue weighted by Gasteiger charge is 2.31. The van der Waals surface area contributed by atoms with Gasteiger partial charge in [-0.15, -0.1) is 0 Å². The van der Waals surface area contributed by atoms with Gasteiger partial charge in [0.15, 0.2) is 0 Å². The summed E-state index contributed by atoms with van der Waals surface area (Å²) in [7, 11) is -0.648. The van der Waals surface area contributed by atoms with Crippen LogP contribution in [0, 0.1) is 5.92 Å². The summed E-state index contributed by atoms with van der Waals surface area (Å²) in [4.78, 5) is 12.0. The van der Waals surface area contributed by atoms with Gasteiger partial charge < -0.3 is 10.6 Å². The van der Waals surface area contributed by atoms with E-state index < -0.39 is 10.8 Å². The van der Waals surface area contributed by atoms with Gasteiger partial charge in [-0.1, -0.05) is 0 Å². The lowest BCUT2D eigenvalue weighted by Gasteiger charge is -2.25. The number of amides is 1. The van der Waals surface area contributed by atoms with Crippen LogP contribution in [0.3, 0.4) is 0 Å². The zero-order valence-electron chi connectivity index (χ0n) is 9.70. The monoisotopic (exact) mass is 244 g/mol. The van der Waals surface area contributed by atoms with E-state index >= 15 is 0 Å². The van der Waals surface area contributed by atoms with Gasteiger partial charge in [-0.05, 0) is 32.7 Å². The van der Waals surface area contributed by atoms with E-state index in [1.165, 1.54) is 0 Å². The number of hydrogen-bond donors (Lipinski definition) is 2. The number of nitrogens with one attached hydrogen (secondary N) is 2. The van der Waals surface area contributed by atoms with E-state index in [0.717, 1.165) is 37.3 Å². The molecule has 0 radical (unpaired) electrons. The molecule has 2 fully saturated rings. The van der Waals surface area contributed by atoms with Crippen LogP contribution < -0.4 is 10.6 Å². The van der Waals surface area contributed by atoms with Gasteiger partial charge in [0.05, 0.1) is 5.92 Å². The van der Waals surface area contributed by atoms with E-state index in [0.29, 0.717) is 0 Å². The Balaban J connectivity index is 1.80. The average Bonchev–Trinajstić information content (AvgIpc) is 2.68. The molecule has 16 heavy (non-hydrogen) atoms. The zero-order valence-corrected chi connectivity index (χ0v) is 10.5. The molecule has 0 bridgehead atoms. The summed E-state index contributed by atoms with van der Waals surface area (Å²) in [5, 5.41) is 6.38. The fourth-order valence-electron chi connectivity index (χ4n) is 2.46. The molecule has 1 amide bonds. The molecule has 0 aromatic carbocycles. The highest BCUT2D eigenvalue weighted by Crippen LogP contribution is 2.17. The van der Waals surface area contributed by atoms with Crippen molar-refractivity contribution in [1.82, 2.24) is 10.6 Å². The van der Waals surface area contributed by atoms with Crippen LogP contribution in [0.1, 0.15) is 26.2 Å². The predicted octanol–water partition coefficient (Wildman–Crippen LogP) is 0.0117. The molecule has 2 atom stereocenters. The molecule has 0 aromatic rings. The third kappa shape index (κ3) is 2.83. The maximum atomic E-state index is 12.0. The molecule has 0 aliphatic carbocycles. The van der Waals surface area contributed by atoms with Crippen LogP contribution in [0.25, 0.3) is 0 Å². The molecular formula is C11H20N2O2S. The molecule has 2 unspecified atom stereocenters. The summed E-state index contributed by atoms with van der Waals surface area (Å²) in [5.41, 5.74) is 0. The Labute approximate surface area is 99.0 Å². The lowest BCUT2D eigenvalue weighted by atomic mass is 10.00. The number of hydrogen-bond acceptors (Lipinski definition) is 3. The van der Waals surface area contributed by atoms with Crippen LogP contribution in [0.2, 0.25) is 0 Å². The predicted molar refractivity (Wildman–Crippen MR) is 64.6 cm³/mol. The summed E-state index contributed by atoms with van der Waals surface area (Å²) in [5.74, 6) is 1.77. The summed E-state index contributed by atoms with van der Waals surface area (Å²) >= 11 is 0. The fourth-order valence-corrected chi connectivity index (χ4v) is 3.76. The molecule has 2 aliphatic rings. The van der Waals surface area contributed by atoms with Crippen LogP contribution in [0.15, 0.2) is 0 Å². The number of carbonyl (C=O) groups is 1. The molecule has 0 aromatic heterocycles. The first-order chi connectivity index (χ1) is 7.66. The van der Waals surface area contributed by atoms with Crippen molar-refractivity contribution < 1.29 is 9.00 Å². The molecule has 92 valence electrons. The van der Waals surface area contributed by atoms with E-state index in [2.05, 4.69) is 17.6 Å². The Morgan fingerprint density at radius 1 is 1.31 bits per heavy atom. The highest BCUT2D eigenvalue weighted by molar-refractivity contribution is 7.85. The Morgan fingerprint density at radius 2 is 2.00 bits per heavy atom. The first kappa shape index (κ1) is 12.0. The minimum absolute atomic E-state index is 0.118. The van der Waals surface area contributed by atoms with Crippen molar-refractivity contribution in [3.63, 3.8) is 0 Å². The quantitative estimate of drug-likeness (QED) is 0.719. The molecule has 5 heteroatoms. The topological polar surface area (TPSA) is 58.2 Å². The molecule has 2 rings (SSSR count). The van der Waals surface area contributed by atoms with Gasteiger partial charge >= 0.3 is 0 Å². The first-order valence-electron chi connectivity index (χ1n) is 6.05. The van der Waals surface area contributed by atoms with Gasteiger partial charge in [-0.25, -0.2) is 0 Å². The van der Waals surface area contributed by atoms with Gasteiger partial charge in [0.25, 0.3) is 0 Å². The van der Waals surface area contributed by atoms with Crippen LogP contribution in [0.4, 0.5) is 0 Å². The van der Waals surface area contributed by atoms with Gasteiger partial charge in [0.1, 0.15) is 0 Å². The van der Waals surface area contributed by atoms with E-state index in [4.69, 9.17) is 0 Å². The van der Waals surface area contributed by atoms with Crippen molar-refractivity contribution in [2.75, 3.05) is 18.1 Å². The third-order valence-corrected chi connectivity index (χ3v) is 4.98. The SMILES string of the molecule is CC1NCCC1C(=O)NC1CCS(=O)CC1. The molecule has 4 nitrogen and oxygen atoms in total.